The molecule has 2 heterocycles. The van der Waals surface area contributed by atoms with E-state index in [9.17, 15) is 0 Å². The van der Waals surface area contributed by atoms with E-state index in [-0.39, 0.29) is 0 Å². The maximum absolute atomic E-state index is 5.68. The first-order valence-corrected chi connectivity index (χ1v) is 10.0. The molecule has 3 aromatic rings. The van der Waals surface area contributed by atoms with E-state index in [1.54, 1.807) is 0 Å². The standard InChI is InChI=1S/C23H26N4O2/c1-16(2)10-11-24-21-15-22(27-23(26-21)17-6-4-3-5-7-17)25-18-8-9-19-20(14-18)29-13-12-28-19/h3-9,14-16H,10-13H2,1-2H3,(H2,24,25,26,27). The predicted octanol–water partition coefficient (Wildman–Crippen LogP) is 5.12. The van der Waals surface area contributed by atoms with Crippen molar-refractivity contribution in [1.29, 1.82) is 0 Å². The lowest BCUT2D eigenvalue weighted by Crippen LogP contribution is -2.15. The van der Waals surface area contributed by atoms with Gasteiger partial charge in [-0.3, -0.25) is 0 Å². The summed E-state index contributed by atoms with van der Waals surface area (Å²) in [6.07, 6.45) is 1.08. The molecule has 6 heteroatoms. The number of hydrogen-bond acceptors (Lipinski definition) is 6. The Balaban J connectivity index is 1.61. The average Bonchev–Trinajstić information content (AvgIpc) is 2.74. The fourth-order valence-corrected chi connectivity index (χ4v) is 3.08. The Morgan fingerprint density at radius 2 is 1.66 bits per heavy atom. The van der Waals surface area contributed by atoms with E-state index in [0.717, 1.165) is 47.4 Å². The van der Waals surface area contributed by atoms with Gasteiger partial charge in [0.2, 0.25) is 0 Å². The third-order valence-corrected chi connectivity index (χ3v) is 4.60. The molecule has 2 aromatic carbocycles. The summed E-state index contributed by atoms with van der Waals surface area (Å²) < 4.78 is 11.3. The minimum Gasteiger partial charge on any atom is -0.486 e. The lowest BCUT2D eigenvalue weighted by Gasteiger charge is -2.19. The van der Waals surface area contributed by atoms with Crippen LogP contribution < -0.4 is 20.1 Å². The minimum absolute atomic E-state index is 0.562. The van der Waals surface area contributed by atoms with Crippen molar-refractivity contribution < 1.29 is 9.47 Å². The van der Waals surface area contributed by atoms with Crippen LogP contribution in [0.15, 0.2) is 54.6 Å². The third kappa shape index (κ3) is 4.96. The van der Waals surface area contributed by atoms with Crippen molar-refractivity contribution in [3.05, 3.63) is 54.6 Å². The molecule has 0 unspecified atom stereocenters. The molecule has 1 aromatic heterocycles. The summed E-state index contributed by atoms with van der Waals surface area (Å²) in [6.45, 7) is 6.44. The number of nitrogens with one attached hydrogen (secondary N) is 2. The van der Waals surface area contributed by atoms with Gasteiger partial charge in [0, 0.05) is 29.9 Å². The molecule has 1 aliphatic heterocycles. The topological polar surface area (TPSA) is 68.3 Å². The number of nitrogens with zero attached hydrogens (tertiary/aromatic N) is 2. The number of hydrogen-bond donors (Lipinski definition) is 2. The number of anilines is 3. The van der Waals surface area contributed by atoms with E-state index in [0.29, 0.717) is 25.0 Å². The Morgan fingerprint density at radius 3 is 2.45 bits per heavy atom. The van der Waals surface area contributed by atoms with Gasteiger partial charge in [-0.2, -0.15) is 0 Å². The van der Waals surface area contributed by atoms with Crippen LogP contribution in [0.2, 0.25) is 0 Å². The van der Waals surface area contributed by atoms with Crippen LogP contribution in [0.5, 0.6) is 11.5 Å². The summed E-state index contributed by atoms with van der Waals surface area (Å²) in [5, 5.41) is 6.80. The second-order valence-electron chi connectivity index (χ2n) is 7.42. The molecule has 0 saturated heterocycles. The van der Waals surface area contributed by atoms with E-state index in [1.165, 1.54) is 0 Å². The number of aromatic nitrogens is 2. The zero-order chi connectivity index (χ0) is 20.1. The molecule has 0 fully saturated rings. The first-order valence-electron chi connectivity index (χ1n) is 10.0. The molecule has 0 bridgehead atoms. The lowest BCUT2D eigenvalue weighted by molar-refractivity contribution is 0.171. The molecular formula is C23H26N4O2. The zero-order valence-corrected chi connectivity index (χ0v) is 16.8. The Bertz CT molecular complexity index is 960. The van der Waals surface area contributed by atoms with Crippen molar-refractivity contribution in [1.82, 2.24) is 9.97 Å². The molecule has 0 amide bonds. The van der Waals surface area contributed by atoms with Gasteiger partial charge in [0.1, 0.15) is 24.8 Å². The summed E-state index contributed by atoms with van der Waals surface area (Å²) >= 11 is 0. The highest BCUT2D eigenvalue weighted by atomic mass is 16.6. The van der Waals surface area contributed by atoms with Gasteiger partial charge < -0.3 is 20.1 Å². The van der Waals surface area contributed by atoms with Crippen molar-refractivity contribution >= 4 is 17.3 Å². The molecule has 0 spiro atoms. The van der Waals surface area contributed by atoms with Gasteiger partial charge >= 0.3 is 0 Å². The normalized spacial score (nSPS) is 12.7. The average molecular weight is 390 g/mol. The predicted molar refractivity (Wildman–Crippen MR) is 116 cm³/mol. The van der Waals surface area contributed by atoms with Crippen LogP contribution in [-0.4, -0.2) is 29.7 Å². The van der Waals surface area contributed by atoms with Crippen LogP contribution in [0, 0.1) is 5.92 Å². The number of ether oxygens (including phenoxy) is 2. The third-order valence-electron chi connectivity index (χ3n) is 4.60. The monoisotopic (exact) mass is 390 g/mol. The second-order valence-corrected chi connectivity index (χ2v) is 7.42. The van der Waals surface area contributed by atoms with E-state index >= 15 is 0 Å². The summed E-state index contributed by atoms with van der Waals surface area (Å²) in [4.78, 5) is 9.43. The molecule has 29 heavy (non-hydrogen) atoms. The van der Waals surface area contributed by atoms with E-state index in [4.69, 9.17) is 19.4 Å². The maximum atomic E-state index is 5.68. The first kappa shape index (κ1) is 19.1. The van der Waals surface area contributed by atoms with Gasteiger partial charge in [0.15, 0.2) is 17.3 Å². The summed E-state index contributed by atoms with van der Waals surface area (Å²) in [5.41, 5.74) is 1.87. The van der Waals surface area contributed by atoms with Crippen molar-refractivity contribution in [3.63, 3.8) is 0 Å². The Labute approximate surface area is 171 Å². The highest BCUT2D eigenvalue weighted by molar-refractivity contribution is 5.67. The lowest BCUT2D eigenvalue weighted by atomic mass is 10.1. The van der Waals surface area contributed by atoms with Crippen LogP contribution >= 0.6 is 0 Å². The smallest absolute Gasteiger partial charge is 0.163 e. The maximum Gasteiger partial charge on any atom is 0.163 e. The van der Waals surface area contributed by atoms with Crippen molar-refractivity contribution in [2.75, 3.05) is 30.4 Å². The summed E-state index contributed by atoms with van der Waals surface area (Å²) in [5.74, 6) is 4.36. The fraction of sp³-hybridized carbons (Fsp3) is 0.304. The van der Waals surface area contributed by atoms with E-state index in [2.05, 4.69) is 24.5 Å². The summed E-state index contributed by atoms with van der Waals surface area (Å²) in [7, 11) is 0. The molecular weight excluding hydrogens is 364 g/mol. The molecule has 150 valence electrons. The van der Waals surface area contributed by atoms with Gasteiger partial charge in [-0.1, -0.05) is 44.2 Å². The van der Waals surface area contributed by atoms with Crippen molar-refractivity contribution in [2.24, 2.45) is 5.92 Å². The molecule has 0 aliphatic carbocycles. The largest absolute Gasteiger partial charge is 0.486 e. The number of fused-ring (bicyclic) bond motifs is 1. The van der Waals surface area contributed by atoms with Gasteiger partial charge in [-0.05, 0) is 24.5 Å². The molecule has 4 rings (SSSR count). The highest BCUT2D eigenvalue weighted by Gasteiger charge is 2.13. The summed E-state index contributed by atoms with van der Waals surface area (Å²) in [6, 6.07) is 17.7. The second kappa shape index (κ2) is 8.82. The van der Waals surface area contributed by atoms with Gasteiger partial charge in [0.25, 0.3) is 0 Å². The molecule has 6 nitrogen and oxygen atoms in total. The number of benzene rings is 2. The molecule has 0 saturated carbocycles. The van der Waals surface area contributed by atoms with E-state index < -0.39 is 0 Å². The number of rotatable bonds is 7. The zero-order valence-electron chi connectivity index (χ0n) is 16.8. The van der Waals surface area contributed by atoms with E-state index in [1.807, 2.05) is 54.6 Å². The first-order chi connectivity index (χ1) is 14.2. The van der Waals surface area contributed by atoms with Crippen LogP contribution in [0.3, 0.4) is 0 Å². The Morgan fingerprint density at radius 1 is 0.897 bits per heavy atom. The van der Waals surface area contributed by atoms with Crippen LogP contribution in [0.25, 0.3) is 11.4 Å². The SMILES string of the molecule is CC(C)CCNc1cc(Nc2ccc3c(c2)OCCO3)nc(-c2ccccc2)n1. The van der Waals surface area contributed by atoms with Crippen LogP contribution in [0.4, 0.5) is 17.3 Å². The quantitative estimate of drug-likeness (QED) is 0.584. The Kier molecular flexibility index (Phi) is 5.79. The van der Waals surface area contributed by atoms with Crippen LogP contribution in [-0.2, 0) is 0 Å². The molecule has 0 radical (unpaired) electrons. The van der Waals surface area contributed by atoms with Gasteiger partial charge in [-0.25, -0.2) is 9.97 Å². The highest BCUT2D eigenvalue weighted by Crippen LogP contribution is 2.33. The van der Waals surface area contributed by atoms with Gasteiger partial charge in [0.05, 0.1) is 0 Å². The van der Waals surface area contributed by atoms with Gasteiger partial charge in [-0.15, -0.1) is 0 Å². The van der Waals surface area contributed by atoms with Crippen molar-refractivity contribution in [2.45, 2.75) is 20.3 Å². The van der Waals surface area contributed by atoms with Crippen molar-refractivity contribution in [3.8, 4) is 22.9 Å². The Hall–Kier alpha value is -3.28. The van der Waals surface area contributed by atoms with Crippen LogP contribution in [0.1, 0.15) is 20.3 Å². The molecule has 0 atom stereocenters. The molecule has 2 N–H and O–H groups in total. The molecule has 1 aliphatic rings. The minimum atomic E-state index is 0.562. The fourth-order valence-electron chi connectivity index (χ4n) is 3.08.